The average Bonchev–Trinajstić information content (AvgIpc) is 2.31. The molecule has 0 spiro atoms. The van der Waals surface area contributed by atoms with Crippen molar-refractivity contribution in [2.75, 3.05) is 23.3 Å². The SMILES string of the molecule is CCN(CC)c1ccc(NC(=S)NC(C)C)cc1. The molecular formula is C14H23N3S. The summed E-state index contributed by atoms with van der Waals surface area (Å²) in [6.07, 6.45) is 0. The van der Waals surface area contributed by atoms with Gasteiger partial charge in [0.2, 0.25) is 0 Å². The molecule has 0 radical (unpaired) electrons. The summed E-state index contributed by atoms with van der Waals surface area (Å²) in [6.45, 7) is 10.5. The summed E-state index contributed by atoms with van der Waals surface area (Å²) in [6, 6.07) is 8.70. The van der Waals surface area contributed by atoms with E-state index in [1.807, 2.05) is 0 Å². The lowest BCUT2D eigenvalue weighted by atomic mass is 10.2. The molecule has 0 heterocycles. The van der Waals surface area contributed by atoms with Gasteiger partial charge in [-0.05, 0) is 64.2 Å². The van der Waals surface area contributed by atoms with Crippen molar-refractivity contribution >= 4 is 28.7 Å². The smallest absolute Gasteiger partial charge is 0.170 e. The maximum Gasteiger partial charge on any atom is 0.170 e. The van der Waals surface area contributed by atoms with Crippen LogP contribution < -0.4 is 15.5 Å². The van der Waals surface area contributed by atoms with Crippen LogP contribution in [0.1, 0.15) is 27.7 Å². The molecule has 0 unspecified atom stereocenters. The van der Waals surface area contributed by atoms with Crippen LogP contribution in [0.3, 0.4) is 0 Å². The zero-order valence-corrected chi connectivity index (χ0v) is 12.5. The third-order valence-corrected chi connectivity index (χ3v) is 2.89. The first-order valence-corrected chi connectivity index (χ1v) is 6.90. The van der Waals surface area contributed by atoms with Gasteiger partial charge in [0.25, 0.3) is 0 Å². The molecule has 3 nitrogen and oxygen atoms in total. The summed E-state index contributed by atoms with van der Waals surface area (Å²) in [5.74, 6) is 0. The Morgan fingerprint density at radius 3 is 2.17 bits per heavy atom. The van der Waals surface area contributed by atoms with Gasteiger partial charge in [0.15, 0.2) is 5.11 Å². The van der Waals surface area contributed by atoms with Crippen LogP contribution in [0, 0.1) is 0 Å². The van der Waals surface area contributed by atoms with Crippen LogP contribution in [0.4, 0.5) is 11.4 Å². The Hall–Kier alpha value is -1.29. The van der Waals surface area contributed by atoms with E-state index in [4.69, 9.17) is 12.2 Å². The van der Waals surface area contributed by atoms with Gasteiger partial charge in [0.1, 0.15) is 0 Å². The van der Waals surface area contributed by atoms with Crippen LogP contribution in [0.2, 0.25) is 0 Å². The molecule has 18 heavy (non-hydrogen) atoms. The van der Waals surface area contributed by atoms with E-state index in [0.29, 0.717) is 11.2 Å². The summed E-state index contributed by atoms with van der Waals surface area (Å²) >= 11 is 5.21. The molecule has 0 fully saturated rings. The van der Waals surface area contributed by atoms with Crippen molar-refractivity contribution in [3.05, 3.63) is 24.3 Å². The fourth-order valence-electron chi connectivity index (χ4n) is 1.77. The predicted molar refractivity (Wildman–Crippen MR) is 84.5 cm³/mol. The van der Waals surface area contributed by atoms with E-state index in [0.717, 1.165) is 18.8 Å². The Morgan fingerprint density at radius 2 is 1.72 bits per heavy atom. The Kier molecular flexibility index (Phi) is 5.92. The summed E-state index contributed by atoms with van der Waals surface area (Å²) in [4.78, 5) is 2.31. The van der Waals surface area contributed by atoms with Crippen LogP contribution in [0.25, 0.3) is 0 Å². The molecule has 1 aromatic carbocycles. The minimum Gasteiger partial charge on any atom is -0.372 e. The highest BCUT2D eigenvalue weighted by atomic mass is 32.1. The van der Waals surface area contributed by atoms with E-state index in [1.165, 1.54) is 5.69 Å². The molecule has 1 rings (SSSR count). The van der Waals surface area contributed by atoms with Gasteiger partial charge < -0.3 is 15.5 Å². The monoisotopic (exact) mass is 265 g/mol. The maximum absolute atomic E-state index is 5.21. The van der Waals surface area contributed by atoms with E-state index in [1.54, 1.807) is 0 Å². The molecule has 0 amide bonds. The molecule has 0 saturated heterocycles. The second-order valence-corrected chi connectivity index (χ2v) is 4.88. The van der Waals surface area contributed by atoms with Crippen LogP contribution in [-0.2, 0) is 0 Å². The Balaban J connectivity index is 2.62. The number of thiocarbonyl (C=S) groups is 1. The van der Waals surface area contributed by atoms with Crippen molar-refractivity contribution in [2.24, 2.45) is 0 Å². The number of nitrogens with zero attached hydrogens (tertiary/aromatic N) is 1. The topological polar surface area (TPSA) is 27.3 Å². The van der Waals surface area contributed by atoms with E-state index in [9.17, 15) is 0 Å². The average molecular weight is 265 g/mol. The second kappa shape index (κ2) is 7.21. The number of rotatable bonds is 5. The van der Waals surface area contributed by atoms with Gasteiger partial charge >= 0.3 is 0 Å². The van der Waals surface area contributed by atoms with E-state index in [-0.39, 0.29) is 0 Å². The molecule has 0 aromatic heterocycles. The summed E-state index contributed by atoms with van der Waals surface area (Å²) < 4.78 is 0. The highest BCUT2D eigenvalue weighted by Crippen LogP contribution is 2.17. The highest BCUT2D eigenvalue weighted by Gasteiger charge is 2.02. The Morgan fingerprint density at radius 1 is 1.17 bits per heavy atom. The van der Waals surface area contributed by atoms with Crippen molar-refractivity contribution in [3.63, 3.8) is 0 Å². The van der Waals surface area contributed by atoms with Crippen LogP contribution >= 0.6 is 12.2 Å². The maximum atomic E-state index is 5.21. The van der Waals surface area contributed by atoms with Crippen molar-refractivity contribution in [3.8, 4) is 0 Å². The lowest BCUT2D eigenvalue weighted by molar-refractivity contribution is 0.739. The number of anilines is 2. The lowest BCUT2D eigenvalue weighted by Gasteiger charge is -2.21. The first-order valence-electron chi connectivity index (χ1n) is 6.49. The molecule has 0 aliphatic heterocycles. The lowest BCUT2D eigenvalue weighted by Crippen LogP contribution is -2.33. The summed E-state index contributed by atoms with van der Waals surface area (Å²) in [5, 5.41) is 7.01. The van der Waals surface area contributed by atoms with Crippen LogP contribution in [0.5, 0.6) is 0 Å². The Bertz CT molecular complexity index is 369. The summed E-state index contributed by atoms with van der Waals surface area (Å²) in [5.41, 5.74) is 2.26. The number of benzene rings is 1. The van der Waals surface area contributed by atoms with E-state index in [2.05, 4.69) is 67.5 Å². The molecule has 0 bridgehead atoms. The predicted octanol–water partition coefficient (Wildman–Crippen LogP) is 3.23. The van der Waals surface area contributed by atoms with Gasteiger partial charge in [0.05, 0.1) is 0 Å². The minimum atomic E-state index is 0.347. The van der Waals surface area contributed by atoms with E-state index >= 15 is 0 Å². The largest absolute Gasteiger partial charge is 0.372 e. The van der Waals surface area contributed by atoms with Gasteiger partial charge in [-0.2, -0.15) is 0 Å². The van der Waals surface area contributed by atoms with Gasteiger partial charge in [-0.25, -0.2) is 0 Å². The first kappa shape index (κ1) is 14.8. The number of nitrogens with one attached hydrogen (secondary N) is 2. The van der Waals surface area contributed by atoms with Crippen LogP contribution in [-0.4, -0.2) is 24.2 Å². The van der Waals surface area contributed by atoms with Gasteiger partial charge in [-0.3, -0.25) is 0 Å². The van der Waals surface area contributed by atoms with E-state index < -0.39 is 0 Å². The fourth-order valence-corrected chi connectivity index (χ4v) is 2.13. The molecule has 0 atom stereocenters. The molecule has 100 valence electrons. The second-order valence-electron chi connectivity index (χ2n) is 4.47. The molecule has 2 N–H and O–H groups in total. The highest BCUT2D eigenvalue weighted by molar-refractivity contribution is 7.80. The summed E-state index contributed by atoms with van der Waals surface area (Å²) in [7, 11) is 0. The standard InChI is InChI=1S/C14H23N3S/c1-5-17(6-2)13-9-7-12(8-10-13)16-14(18)15-11(3)4/h7-11H,5-6H2,1-4H3,(H2,15,16,18). The molecular weight excluding hydrogens is 242 g/mol. The zero-order valence-electron chi connectivity index (χ0n) is 11.7. The van der Waals surface area contributed by atoms with Gasteiger partial charge in [0, 0.05) is 30.5 Å². The van der Waals surface area contributed by atoms with Crippen LogP contribution in [0.15, 0.2) is 24.3 Å². The molecule has 0 aliphatic carbocycles. The molecule has 0 aliphatic rings. The van der Waals surface area contributed by atoms with Crippen molar-refractivity contribution in [1.82, 2.24) is 5.32 Å². The minimum absolute atomic E-state index is 0.347. The number of hydrogen-bond acceptors (Lipinski definition) is 2. The molecule has 0 saturated carbocycles. The molecule has 4 heteroatoms. The van der Waals surface area contributed by atoms with Gasteiger partial charge in [-0.15, -0.1) is 0 Å². The zero-order chi connectivity index (χ0) is 13.5. The molecule has 1 aromatic rings. The van der Waals surface area contributed by atoms with Crippen molar-refractivity contribution in [1.29, 1.82) is 0 Å². The fraction of sp³-hybridized carbons (Fsp3) is 0.500. The van der Waals surface area contributed by atoms with Crippen molar-refractivity contribution in [2.45, 2.75) is 33.7 Å². The third kappa shape index (κ3) is 4.53. The van der Waals surface area contributed by atoms with Crippen molar-refractivity contribution < 1.29 is 0 Å². The quantitative estimate of drug-likeness (QED) is 0.799. The number of hydrogen-bond donors (Lipinski definition) is 2. The van der Waals surface area contributed by atoms with Gasteiger partial charge in [-0.1, -0.05) is 0 Å². The third-order valence-electron chi connectivity index (χ3n) is 2.67. The first-order chi connectivity index (χ1) is 8.56. The Labute approximate surface area is 116 Å². The normalized spacial score (nSPS) is 10.3.